The number of hydrogen-bond acceptors (Lipinski definition) is 1. The van der Waals surface area contributed by atoms with Crippen molar-refractivity contribution < 1.29 is 18.1 Å². The van der Waals surface area contributed by atoms with Gasteiger partial charge in [-0.05, 0) is 0 Å². The highest BCUT2D eigenvalue weighted by Crippen LogP contribution is 2.00. The summed E-state index contributed by atoms with van der Waals surface area (Å²) in [5.41, 5.74) is 0. The van der Waals surface area contributed by atoms with Gasteiger partial charge in [0.1, 0.15) is 0 Å². The molecule has 0 rings (SSSR count). The van der Waals surface area contributed by atoms with Crippen LogP contribution in [0.5, 0.6) is 0 Å². The van der Waals surface area contributed by atoms with Crippen molar-refractivity contribution in [2.24, 2.45) is 0 Å². The number of amides is 1. The lowest BCUT2D eigenvalue weighted by Crippen LogP contribution is -2.12. The van der Waals surface area contributed by atoms with Gasteiger partial charge >= 0.3 is 5.91 Å². The zero-order chi connectivity index (χ0) is 6.73. The molecular weight excluding hydrogens is 123 g/mol. The van der Waals surface area contributed by atoms with Crippen LogP contribution >= 0.6 is 0 Å². The molecule has 0 fully saturated rings. The van der Waals surface area contributed by atoms with Crippen LogP contribution < -0.4 is 0 Å². The second-order valence-electron chi connectivity index (χ2n) is 0.943. The molecule has 0 aromatic carbocycles. The van der Waals surface area contributed by atoms with Crippen molar-refractivity contribution in [1.29, 1.82) is 0 Å². The summed E-state index contributed by atoms with van der Waals surface area (Å²) in [5.74, 6) is -3.68. The lowest BCUT2D eigenvalue weighted by Gasteiger charge is -1.92. The Bertz CT molecular complexity index is 122. The molecular formula is C3H2F3NO. The van der Waals surface area contributed by atoms with Crippen LogP contribution in [0.4, 0.5) is 13.4 Å². The number of hydrogen-bond donors (Lipinski definition) is 0. The van der Waals surface area contributed by atoms with E-state index in [-0.39, 0.29) is 0 Å². The van der Waals surface area contributed by atoms with Crippen molar-refractivity contribution in [3.63, 3.8) is 0 Å². The van der Waals surface area contributed by atoms with Crippen LogP contribution in [-0.2, 0) is 4.79 Å². The van der Waals surface area contributed by atoms with Crippen molar-refractivity contribution in [2.45, 2.75) is 0 Å². The molecule has 0 aliphatic heterocycles. The second-order valence-corrected chi connectivity index (χ2v) is 0.943. The summed E-state index contributed by atoms with van der Waals surface area (Å²) in [5, 5.41) is -1.87. The normalized spacial score (nSPS) is 8.38. The summed E-state index contributed by atoms with van der Waals surface area (Å²) in [4.78, 5) is 9.54. The Morgan fingerprint density at radius 1 is 1.50 bits per heavy atom. The highest BCUT2D eigenvalue weighted by atomic mass is 19.4. The summed E-state index contributed by atoms with van der Waals surface area (Å²) in [6.45, 7) is 2.34. The van der Waals surface area contributed by atoms with E-state index >= 15 is 0 Å². The van der Waals surface area contributed by atoms with Gasteiger partial charge in [-0.3, -0.25) is 4.79 Å². The first-order chi connectivity index (χ1) is 3.55. The van der Waals surface area contributed by atoms with E-state index in [2.05, 4.69) is 6.58 Å². The van der Waals surface area contributed by atoms with E-state index in [4.69, 9.17) is 0 Å². The number of halogens is 3. The Hall–Kier alpha value is -1.00. The Morgan fingerprint density at radius 3 is 1.88 bits per heavy atom. The van der Waals surface area contributed by atoms with Gasteiger partial charge < -0.3 is 0 Å². The second kappa shape index (κ2) is 2.34. The quantitative estimate of drug-likeness (QED) is 0.379. The van der Waals surface area contributed by atoms with Crippen LogP contribution in [0.25, 0.3) is 0 Å². The Kier molecular flexibility index (Phi) is 2.05. The van der Waals surface area contributed by atoms with Crippen LogP contribution in [0.3, 0.4) is 0 Å². The number of nitrogens with zero attached hydrogens (tertiary/aromatic N) is 1. The summed E-state index contributed by atoms with van der Waals surface area (Å²) in [6.07, 6.45) is 0. The van der Waals surface area contributed by atoms with Crippen molar-refractivity contribution in [3.8, 4) is 0 Å². The van der Waals surface area contributed by atoms with E-state index in [9.17, 15) is 18.1 Å². The molecule has 8 heavy (non-hydrogen) atoms. The van der Waals surface area contributed by atoms with Crippen LogP contribution in [0.1, 0.15) is 0 Å². The summed E-state index contributed by atoms with van der Waals surface area (Å²) in [7, 11) is 0. The van der Waals surface area contributed by atoms with Crippen LogP contribution in [-0.4, -0.2) is 11.3 Å². The summed E-state index contributed by atoms with van der Waals surface area (Å²) < 4.78 is 33.0. The third-order valence-electron chi connectivity index (χ3n) is 0.386. The molecule has 0 atom stereocenters. The van der Waals surface area contributed by atoms with Gasteiger partial charge in [-0.25, -0.2) is 4.39 Å². The monoisotopic (exact) mass is 125 g/mol. The van der Waals surface area contributed by atoms with Gasteiger partial charge in [0.15, 0.2) is 5.83 Å². The van der Waals surface area contributed by atoms with Crippen LogP contribution in [0, 0.1) is 0 Å². The minimum atomic E-state index is -2.01. The average Bonchev–Trinajstić information content (AvgIpc) is 1.64. The van der Waals surface area contributed by atoms with Gasteiger partial charge in [0.25, 0.3) is 0 Å². The molecule has 0 unspecified atom stereocenters. The first-order valence-corrected chi connectivity index (χ1v) is 1.56. The van der Waals surface area contributed by atoms with Crippen molar-refractivity contribution >= 4 is 5.91 Å². The molecule has 5 heteroatoms. The largest absolute Gasteiger partial charge is 0.341 e. The molecule has 0 aliphatic rings. The standard InChI is InChI=1S/C3H2F3NO/c1-2(4)3(8)7(5)6/h1H2. The van der Waals surface area contributed by atoms with Crippen molar-refractivity contribution in [1.82, 2.24) is 5.34 Å². The maximum absolute atomic E-state index is 11.3. The third-order valence-corrected chi connectivity index (χ3v) is 0.386. The zero-order valence-corrected chi connectivity index (χ0v) is 3.70. The molecule has 0 N–H and O–H groups in total. The fourth-order valence-corrected chi connectivity index (χ4v) is 0.0917. The maximum atomic E-state index is 11.3. The summed E-state index contributed by atoms with van der Waals surface area (Å²) >= 11 is 0. The predicted molar refractivity (Wildman–Crippen MR) is 19.3 cm³/mol. The topological polar surface area (TPSA) is 20.3 Å². The van der Waals surface area contributed by atoms with E-state index in [1.165, 1.54) is 0 Å². The highest BCUT2D eigenvalue weighted by Gasteiger charge is 2.14. The maximum Gasteiger partial charge on any atom is 0.341 e. The Labute approximate surface area is 43.1 Å². The third kappa shape index (κ3) is 1.63. The van der Waals surface area contributed by atoms with Crippen LogP contribution in [0.2, 0.25) is 0 Å². The van der Waals surface area contributed by atoms with E-state index in [0.717, 1.165) is 0 Å². The lowest BCUT2D eigenvalue weighted by atomic mass is 10.6. The molecule has 0 aromatic rings. The van der Waals surface area contributed by atoms with Crippen molar-refractivity contribution in [2.75, 3.05) is 0 Å². The highest BCUT2D eigenvalue weighted by molar-refractivity contribution is 5.88. The average molecular weight is 125 g/mol. The van der Waals surface area contributed by atoms with Gasteiger partial charge in [0.2, 0.25) is 0 Å². The molecule has 0 spiro atoms. The molecule has 0 aromatic heterocycles. The SMILES string of the molecule is C=C(F)C(=O)N(F)F. The van der Waals surface area contributed by atoms with E-state index in [1.807, 2.05) is 0 Å². The first kappa shape index (κ1) is 7.00. The molecule has 0 bridgehead atoms. The van der Waals surface area contributed by atoms with Crippen LogP contribution in [0.15, 0.2) is 12.4 Å². The molecule has 46 valence electrons. The molecule has 0 aliphatic carbocycles. The Balaban J connectivity index is 3.84. The number of rotatable bonds is 1. The van der Waals surface area contributed by atoms with E-state index < -0.39 is 17.1 Å². The smallest absolute Gasteiger partial charge is 0.261 e. The van der Waals surface area contributed by atoms with Gasteiger partial charge in [0.05, 0.1) is 0 Å². The zero-order valence-electron chi connectivity index (χ0n) is 3.70. The predicted octanol–water partition coefficient (Wildman–Crippen LogP) is 1.07. The molecule has 0 saturated carbocycles. The fraction of sp³-hybridized carbons (Fsp3) is 0. The molecule has 1 amide bonds. The molecule has 0 radical (unpaired) electrons. The minimum Gasteiger partial charge on any atom is -0.261 e. The van der Waals surface area contributed by atoms with E-state index in [1.54, 1.807) is 0 Å². The minimum absolute atomic E-state index is 1.67. The van der Waals surface area contributed by atoms with Gasteiger partial charge in [-0.1, -0.05) is 15.5 Å². The van der Waals surface area contributed by atoms with E-state index in [0.29, 0.717) is 0 Å². The first-order valence-electron chi connectivity index (χ1n) is 1.56. The fourth-order valence-electron chi connectivity index (χ4n) is 0.0917. The summed E-state index contributed by atoms with van der Waals surface area (Å²) in [6, 6.07) is 0. The number of carbonyl (C=O) groups excluding carboxylic acids is 1. The molecule has 2 nitrogen and oxygen atoms in total. The van der Waals surface area contributed by atoms with Gasteiger partial charge in [-0.15, -0.1) is 0 Å². The van der Waals surface area contributed by atoms with Gasteiger partial charge in [0, 0.05) is 5.34 Å². The lowest BCUT2D eigenvalue weighted by molar-refractivity contribution is -0.183. The van der Waals surface area contributed by atoms with Crippen molar-refractivity contribution in [3.05, 3.63) is 12.4 Å². The molecule has 0 saturated heterocycles. The number of carbonyl (C=O) groups is 1. The molecule has 0 heterocycles. The Morgan fingerprint density at radius 2 is 1.88 bits per heavy atom. The van der Waals surface area contributed by atoms with Gasteiger partial charge in [-0.2, -0.15) is 0 Å².